The minimum absolute atomic E-state index is 0.000714. The van der Waals surface area contributed by atoms with Gasteiger partial charge in [-0.05, 0) is 79.1 Å². The van der Waals surface area contributed by atoms with Gasteiger partial charge < -0.3 is 20.1 Å². The van der Waals surface area contributed by atoms with Crippen LogP contribution < -0.4 is 10.1 Å². The average Bonchev–Trinajstić information content (AvgIpc) is 3.59. The van der Waals surface area contributed by atoms with Crippen molar-refractivity contribution < 1.29 is 14.6 Å². The van der Waals surface area contributed by atoms with Gasteiger partial charge in [0, 0.05) is 25.7 Å². The summed E-state index contributed by atoms with van der Waals surface area (Å²) in [6.45, 7) is 4.88. The summed E-state index contributed by atoms with van der Waals surface area (Å²) in [4.78, 5) is 19.1. The molecule has 0 radical (unpaired) electrons. The Kier molecular flexibility index (Phi) is 6.31. The molecule has 2 heterocycles. The first-order valence-corrected chi connectivity index (χ1v) is 12.3. The monoisotopic (exact) mass is 470 g/mol. The molecule has 1 saturated heterocycles. The summed E-state index contributed by atoms with van der Waals surface area (Å²) in [5.74, 6) is 0.593. The molecule has 0 spiro atoms. The standard InChI is InChI=1S/C28H30N4O3/c1-17(2)35-27-9-6-18(12-19(27)14-29)26-13-20(15-30-26)22-4-3-5-24-23(22)7-8-25(24)31-28(34)32-11-10-21(33)16-32/h3-6,9,12,15,17,21,25,33H,7-8,10-11,13,16H2,1-2H3,(H,31,34)/t21-,25-/m0/s1. The number of urea groups is 1. The maximum atomic E-state index is 12.7. The van der Waals surface area contributed by atoms with Gasteiger partial charge in [-0.1, -0.05) is 18.2 Å². The van der Waals surface area contributed by atoms with Crippen LogP contribution in [0, 0.1) is 11.3 Å². The molecule has 3 aliphatic rings. The third-order valence-corrected chi connectivity index (χ3v) is 6.89. The number of likely N-dealkylation sites (tertiary alicyclic amines) is 1. The maximum Gasteiger partial charge on any atom is 0.317 e. The van der Waals surface area contributed by atoms with Gasteiger partial charge in [-0.15, -0.1) is 0 Å². The van der Waals surface area contributed by atoms with Gasteiger partial charge in [-0.2, -0.15) is 5.26 Å². The predicted molar refractivity (Wildman–Crippen MR) is 134 cm³/mol. The van der Waals surface area contributed by atoms with Crippen LogP contribution in [0.2, 0.25) is 0 Å². The Labute approximate surface area is 205 Å². The van der Waals surface area contributed by atoms with Crippen molar-refractivity contribution in [1.29, 1.82) is 5.26 Å². The number of rotatable bonds is 5. The first kappa shape index (κ1) is 23.1. The van der Waals surface area contributed by atoms with E-state index >= 15 is 0 Å². The predicted octanol–water partition coefficient (Wildman–Crippen LogP) is 4.34. The van der Waals surface area contributed by atoms with Crippen LogP contribution in [0.15, 0.2) is 47.6 Å². The molecule has 2 N–H and O–H groups in total. The normalized spacial score (nSPS) is 20.9. The first-order valence-electron chi connectivity index (χ1n) is 12.3. The number of aliphatic imine (C=N–C) groups is 1. The number of allylic oxidation sites excluding steroid dienone is 1. The summed E-state index contributed by atoms with van der Waals surface area (Å²) in [5.41, 5.74) is 7.11. The zero-order valence-electron chi connectivity index (χ0n) is 20.1. The fourth-order valence-corrected chi connectivity index (χ4v) is 5.19. The van der Waals surface area contributed by atoms with Crippen LogP contribution in [-0.2, 0) is 6.42 Å². The van der Waals surface area contributed by atoms with Crippen LogP contribution in [0.1, 0.15) is 67.0 Å². The van der Waals surface area contributed by atoms with Crippen molar-refractivity contribution in [1.82, 2.24) is 10.2 Å². The fourth-order valence-electron chi connectivity index (χ4n) is 5.19. The van der Waals surface area contributed by atoms with Gasteiger partial charge in [0.25, 0.3) is 0 Å². The van der Waals surface area contributed by atoms with E-state index in [9.17, 15) is 15.2 Å². The average molecular weight is 471 g/mol. The number of carbonyl (C=O) groups excluding carboxylic acids is 1. The molecule has 2 amide bonds. The second-order valence-electron chi connectivity index (χ2n) is 9.70. The number of hydrogen-bond acceptors (Lipinski definition) is 5. The molecule has 0 unspecified atom stereocenters. The summed E-state index contributed by atoms with van der Waals surface area (Å²) < 4.78 is 5.75. The van der Waals surface area contributed by atoms with Gasteiger partial charge in [-0.3, -0.25) is 4.99 Å². The Balaban J connectivity index is 1.30. The number of hydrogen-bond donors (Lipinski definition) is 2. The second-order valence-corrected chi connectivity index (χ2v) is 9.70. The molecule has 5 rings (SSSR count). The van der Waals surface area contributed by atoms with Gasteiger partial charge in [0.15, 0.2) is 0 Å². The number of benzene rings is 2. The largest absolute Gasteiger partial charge is 0.490 e. The number of β-amino-alcohol motifs (C(OH)–C–C–N with tert-alkyl or cyclic N) is 1. The summed E-state index contributed by atoms with van der Waals surface area (Å²) in [5, 5.41) is 22.5. The molecule has 2 aromatic rings. The van der Waals surface area contributed by atoms with Gasteiger partial charge in [0.1, 0.15) is 11.8 Å². The molecule has 2 atom stereocenters. The Morgan fingerprint density at radius 3 is 2.89 bits per heavy atom. The van der Waals surface area contributed by atoms with Crippen LogP contribution in [0.4, 0.5) is 4.79 Å². The molecule has 0 saturated carbocycles. The Morgan fingerprint density at radius 2 is 2.14 bits per heavy atom. The van der Waals surface area contributed by atoms with E-state index in [1.54, 1.807) is 4.90 Å². The summed E-state index contributed by atoms with van der Waals surface area (Å²) in [6.07, 6.45) is 4.58. The van der Waals surface area contributed by atoms with E-state index in [1.165, 1.54) is 11.1 Å². The van der Waals surface area contributed by atoms with Crippen LogP contribution in [0.25, 0.3) is 5.57 Å². The number of nitriles is 1. The lowest BCUT2D eigenvalue weighted by Crippen LogP contribution is -2.40. The number of nitrogens with one attached hydrogen (secondary N) is 1. The van der Waals surface area contributed by atoms with E-state index in [1.807, 2.05) is 44.3 Å². The molecule has 7 heteroatoms. The minimum Gasteiger partial charge on any atom is -0.490 e. The maximum absolute atomic E-state index is 12.7. The van der Waals surface area contributed by atoms with Crippen molar-refractivity contribution >= 4 is 17.3 Å². The zero-order chi connectivity index (χ0) is 24.5. The molecular weight excluding hydrogens is 440 g/mol. The van der Waals surface area contributed by atoms with Gasteiger partial charge >= 0.3 is 6.03 Å². The summed E-state index contributed by atoms with van der Waals surface area (Å²) >= 11 is 0. The van der Waals surface area contributed by atoms with Gasteiger partial charge in [0.2, 0.25) is 0 Å². The number of fused-ring (bicyclic) bond motifs is 1. The van der Waals surface area contributed by atoms with E-state index in [2.05, 4.69) is 28.5 Å². The molecule has 35 heavy (non-hydrogen) atoms. The molecular formula is C28H30N4O3. The third-order valence-electron chi connectivity index (χ3n) is 6.89. The summed E-state index contributed by atoms with van der Waals surface area (Å²) in [7, 11) is 0. The Morgan fingerprint density at radius 1 is 1.29 bits per heavy atom. The minimum atomic E-state index is -0.421. The molecule has 7 nitrogen and oxygen atoms in total. The van der Waals surface area contributed by atoms with Crippen molar-refractivity contribution in [2.45, 2.75) is 57.8 Å². The number of aliphatic hydroxyl groups excluding tert-OH is 1. The number of ether oxygens (including phenoxy) is 1. The molecule has 0 aromatic heterocycles. The van der Waals surface area contributed by atoms with E-state index in [0.717, 1.165) is 35.3 Å². The van der Waals surface area contributed by atoms with E-state index in [-0.39, 0.29) is 18.2 Å². The lowest BCUT2D eigenvalue weighted by molar-refractivity contribution is 0.170. The molecule has 2 aromatic carbocycles. The lowest BCUT2D eigenvalue weighted by Gasteiger charge is -2.21. The van der Waals surface area contributed by atoms with E-state index in [4.69, 9.17) is 4.74 Å². The van der Waals surface area contributed by atoms with Crippen molar-refractivity contribution in [2.24, 2.45) is 4.99 Å². The quantitative estimate of drug-likeness (QED) is 0.679. The van der Waals surface area contributed by atoms with Gasteiger partial charge in [-0.25, -0.2) is 4.79 Å². The first-order chi connectivity index (χ1) is 16.9. The SMILES string of the molecule is CC(C)Oc1ccc(C2=NC=C(c3cccc4c3CC[C@@H]4NC(=O)N3CC[C@H](O)C3)C2)cc1C#N. The van der Waals surface area contributed by atoms with Crippen molar-refractivity contribution in [3.8, 4) is 11.8 Å². The van der Waals surface area contributed by atoms with Crippen molar-refractivity contribution in [3.63, 3.8) is 0 Å². The van der Waals surface area contributed by atoms with Crippen LogP contribution in [0.5, 0.6) is 5.75 Å². The van der Waals surface area contributed by atoms with Crippen molar-refractivity contribution in [3.05, 3.63) is 70.4 Å². The molecule has 180 valence electrons. The Bertz CT molecular complexity index is 1260. The number of amides is 2. The molecule has 1 fully saturated rings. The second kappa shape index (κ2) is 9.55. The molecule has 0 bridgehead atoms. The zero-order valence-corrected chi connectivity index (χ0v) is 20.1. The highest BCUT2D eigenvalue weighted by atomic mass is 16.5. The topological polar surface area (TPSA) is 97.9 Å². The van der Waals surface area contributed by atoms with Gasteiger partial charge in [0.05, 0.1) is 29.5 Å². The Hall–Kier alpha value is -3.63. The third kappa shape index (κ3) is 4.67. The highest BCUT2D eigenvalue weighted by Crippen LogP contribution is 2.38. The highest BCUT2D eigenvalue weighted by Gasteiger charge is 2.31. The van der Waals surface area contributed by atoms with Crippen LogP contribution in [0.3, 0.4) is 0 Å². The van der Waals surface area contributed by atoms with Crippen molar-refractivity contribution in [2.75, 3.05) is 13.1 Å². The number of nitrogens with zero attached hydrogens (tertiary/aromatic N) is 3. The molecule has 2 aliphatic heterocycles. The highest BCUT2D eigenvalue weighted by molar-refractivity contribution is 6.09. The molecule has 1 aliphatic carbocycles. The van der Waals surface area contributed by atoms with Crippen LogP contribution in [-0.4, -0.2) is 47.0 Å². The summed E-state index contributed by atoms with van der Waals surface area (Å²) in [6, 6.07) is 14.0. The van der Waals surface area contributed by atoms with E-state index < -0.39 is 6.10 Å². The van der Waals surface area contributed by atoms with E-state index in [0.29, 0.717) is 37.2 Å². The number of aliphatic hydroxyl groups is 1. The lowest BCUT2D eigenvalue weighted by atomic mass is 9.93. The number of carbonyl (C=O) groups is 1. The smallest absolute Gasteiger partial charge is 0.317 e. The fraction of sp³-hybridized carbons (Fsp3) is 0.393. The van der Waals surface area contributed by atoms with Crippen LogP contribution >= 0.6 is 0 Å².